The summed E-state index contributed by atoms with van der Waals surface area (Å²) in [5.41, 5.74) is 1.56. The number of sulfone groups is 1. The summed E-state index contributed by atoms with van der Waals surface area (Å²) in [5, 5.41) is 3.04. The number of H-pyrrole nitrogens is 1. The number of benzene rings is 1. The molecule has 2 aromatic rings. The molecule has 0 aliphatic heterocycles. The van der Waals surface area contributed by atoms with Crippen molar-refractivity contribution in [3.63, 3.8) is 0 Å². The molecular weight excluding hydrogens is 238 g/mol. The molecule has 1 aromatic heterocycles. The molecule has 6 heteroatoms. The molecule has 0 aliphatic rings. The zero-order chi connectivity index (χ0) is 12.5. The van der Waals surface area contributed by atoms with Gasteiger partial charge in [-0.3, -0.25) is 0 Å². The second kappa shape index (κ2) is 4.46. The van der Waals surface area contributed by atoms with Crippen molar-refractivity contribution in [2.24, 2.45) is 0 Å². The van der Waals surface area contributed by atoms with Gasteiger partial charge in [0.1, 0.15) is 5.82 Å². The van der Waals surface area contributed by atoms with Crippen molar-refractivity contribution in [1.29, 1.82) is 0 Å². The minimum atomic E-state index is -3.16. The lowest BCUT2D eigenvalue weighted by molar-refractivity contribution is 0.602. The minimum Gasteiger partial charge on any atom is -0.342 e. The van der Waals surface area contributed by atoms with Crippen molar-refractivity contribution in [1.82, 2.24) is 15.3 Å². The van der Waals surface area contributed by atoms with E-state index < -0.39 is 9.84 Å². The van der Waals surface area contributed by atoms with E-state index in [4.69, 9.17) is 0 Å². The van der Waals surface area contributed by atoms with Gasteiger partial charge < -0.3 is 10.3 Å². The lowest BCUT2D eigenvalue weighted by atomic mass is 10.3. The fourth-order valence-corrected chi connectivity index (χ4v) is 2.28. The first-order valence-electron chi connectivity index (χ1n) is 5.34. The van der Waals surface area contributed by atoms with E-state index in [1.807, 2.05) is 7.05 Å². The van der Waals surface area contributed by atoms with E-state index >= 15 is 0 Å². The predicted octanol–water partition coefficient (Wildman–Crippen LogP) is 0.728. The normalized spacial score (nSPS) is 12.1. The molecule has 0 atom stereocenters. The van der Waals surface area contributed by atoms with E-state index in [1.54, 1.807) is 18.2 Å². The van der Waals surface area contributed by atoms with Gasteiger partial charge in [-0.15, -0.1) is 0 Å². The first kappa shape index (κ1) is 12.1. The number of hydrogen-bond donors (Lipinski definition) is 2. The fourth-order valence-electron chi connectivity index (χ4n) is 1.63. The number of likely N-dealkylation sites (N-methyl/N-ethyl adjacent to an activating group) is 1. The quantitative estimate of drug-likeness (QED) is 0.842. The van der Waals surface area contributed by atoms with Crippen LogP contribution in [0, 0.1) is 0 Å². The Hall–Kier alpha value is -1.40. The molecule has 0 spiro atoms. The van der Waals surface area contributed by atoms with Gasteiger partial charge in [-0.25, -0.2) is 13.4 Å². The van der Waals surface area contributed by atoms with Crippen LogP contribution in [0.15, 0.2) is 23.1 Å². The van der Waals surface area contributed by atoms with Crippen LogP contribution in [0.5, 0.6) is 0 Å². The highest BCUT2D eigenvalue weighted by atomic mass is 32.2. The molecule has 0 unspecified atom stereocenters. The number of aromatic nitrogens is 2. The Bertz CT molecular complexity index is 631. The van der Waals surface area contributed by atoms with Gasteiger partial charge in [0, 0.05) is 19.2 Å². The first-order chi connectivity index (χ1) is 8.00. The molecule has 17 heavy (non-hydrogen) atoms. The highest BCUT2D eigenvalue weighted by Gasteiger charge is 2.09. The first-order valence-corrected chi connectivity index (χ1v) is 7.23. The number of imidazole rings is 1. The number of rotatable bonds is 4. The maximum Gasteiger partial charge on any atom is 0.175 e. The Balaban J connectivity index is 2.41. The molecular formula is C11H15N3O2S. The molecule has 2 N–H and O–H groups in total. The van der Waals surface area contributed by atoms with Crippen molar-refractivity contribution < 1.29 is 8.42 Å². The van der Waals surface area contributed by atoms with E-state index in [-0.39, 0.29) is 0 Å². The SMILES string of the molecule is CNCCc1nc2ccc(S(C)(=O)=O)cc2[nH]1. The summed E-state index contributed by atoms with van der Waals surface area (Å²) in [6.45, 7) is 0.832. The highest BCUT2D eigenvalue weighted by Crippen LogP contribution is 2.17. The van der Waals surface area contributed by atoms with E-state index in [1.165, 1.54) is 6.26 Å². The smallest absolute Gasteiger partial charge is 0.175 e. The number of hydrogen-bond acceptors (Lipinski definition) is 4. The monoisotopic (exact) mass is 253 g/mol. The van der Waals surface area contributed by atoms with Crippen LogP contribution in [0.25, 0.3) is 11.0 Å². The van der Waals surface area contributed by atoms with Crippen molar-refractivity contribution in [2.75, 3.05) is 19.8 Å². The molecule has 5 nitrogen and oxygen atoms in total. The summed E-state index contributed by atoms with van der Waals surface area (Å²) < 4.78 is 22.8. The van der Waals surface area contributed by atoms with Crippen LogP contribution in [-0.4, -0.2) is 38.2 Å². The number of aromatic amines is 1. The average molecular weight is 253 g/mol. The summed E-state index contributed by atoms with van der Waals surface area (Å²) in [6, 6.07) is 4.94. The third-order valence-corrected chi connectivity index (χ3v) is 3.65. The fraction of sp³-hybridized carbons (Fsp3) is 0.364. The molecule has 0 fully saturated rings. The van der Waals surface area contributed by atoms with Crippen molar-refractivity contribution >= 4 is 20.9 Å². The molecule has 1 aromatic carbocycles. The van der Waals surface area contributed by atoms with E-state index in [0.717, 1.165) is 29.8 Å². The lowest BCUT2D eigenvalue weighted by Gasteiger charge is -1.96. The minimum absolute atomic E-state index is 0.314. The Morgan fingerprint density at radius 1 is 1.41 bits per heavy atom. The summed E-state index contributed by atoms with van der Waals surface area (Å²) in [5.74, 6) is 0.861. The molecule has 0 aliphatic carbocycles. The highest BCUT2D eigenvalue weighted by molar-refractivity contribution is 7.90. The van der Waals surface area contributed by atoms with Gasteiger partial charge in [0.2, 0.25) is 0 Å². The third-order valence-electron chi connectivity index (χ3n) is 2.54. The summed E-state index contributed by atoms with van der Waals surface area (Å²) in [6.07, 6.45) is 1.99. The molecule has 0 bridgehead atoms. The van der Waals surface area contributed by atoms with Crippen LogP contribution in [0.1, 0.15) is 5.82 Å². The molecule has 1 heterocycles. The van der Waals surface area contributed by atoms with Gasteiger partial charge in [0.05, 0.1) is 15.9 Å². The van der Waals surface area contributed by atoms with Crippen LogP contribution in [0.3, 0.4) is 0 Å². The van der Waals surface area contributed by atoms with Gasteiger partial charge in [-0.05, 0) is 25.2 Å². The maximum atomic E-state index is 11.4. The van der Waals surface area contributed by atoms with Crippen molar-refractivity contribution in [3.8, 4) is 0 Å². The van der Waals surface area contributed by atoms with Crippen LogP contribution < -0.4 is 5.32 Å². The largest absolute Gasteiger partial charge is 0.342 e. The van der Waals surface area contributed by atoms with Gasteiger partial charge in [-0.2, -0.15) is 0 Å². The second-order valence-electron chi connectivity index (χ2n) is 3.99. The van der Waals surface area contributed by atoms with Crippen LogP contribution in [0.4, 0.5) is 0 Å². The van der Waals surface area contributed by atoms with Gasteiger partial charge in [0.15, 0.2) is 9.84 Å². The van der Waals surface area contributed by atoms with Gasteiger partial charge in [-0.1, -0.05) is 0 Å². The van der Waals surface area contributed by atoms with Crippen LogP contribution >= 0.6 is 0 Å². The standard InChI is InChI=1S/C11H15N3O2S/c1-12-6-5-11-13-9-4-3-8(17(2,15)16)7-10(9)14-11/h3-4,7,12H,5-6H2,1-2H3,(H,13,14). The molecule has 2 rings (SSSR count). The average Bonchev–Trinajstić information content (AvgIpc) is 2.66. The third kappa shape index (κ3) is 2.65. The van der Waals surface area contributed by atoms with Crippen LogP contribution in [0.2, 0.25) is 0 Å². The predicted molar refractivity (Wildman–Crippen MR) is 66.8 cm³/mol. The Kier molecular flexibility index (Phi) is 3.17. The zero-order valence-corrected chi connectivity index (χ0v) is 10.6. The van der Waals surface area contributed by atoms with Crippen LogP contribution in [-0.2, 0) is 16.3 Å². The Morgan fingerprint density at radius 3 is 2.82 bits per heavy atom. The molecule has 0 saturated carbocycles. The van der Waals surface area contributed by atoms with E-state index in [9.17, 15) is 8.42 Å². The van der Waals surface area contributed by atoms with Gasteiger partial charge in [0.25, 0.3) is 0 Å². The van der Waals surface area contributed by atoms with E-state index in [2.05, 4.69) is 15.3 Å². The number of nitrogens with zero attached hydrogens (tertiary/aromatic N) is 1. The second-order valence-corrected chi connectivity index (χ2v) is 6.00. The molecule has 0 saturated heterocycles. The van der Waals surface area contributed by atoms with E-state index in [0.29, 0.717) is 4.90 Å². The number of nitrogens with one attached hydrogen (secondary N) is 2. The van der Waals surface area contributed by atoms with Crippen molar-refractivity contribution in [3.05, 3.63) is 24.0 Å². The number of fused-ring (bicyclic) bond motifs is 1. The molecule has 0 amide bonds. The van der Waals surface area contributed by atoms with Gasteiger partial charge >= 0.3 is 0 Å². The topological polar surface area (TPSA) is 74.8 Å². The Labute approximate surface area is 100 Å². The maximum absolute atomic E-state index is 11.4. The lowest BCUT2D eigenvalue weighted by Crippen LogP contribution is -2.10. The van der Waals surface area contributed by atoms with Crippen molar-refractivity contribution in [2.45, 2.75) is 11.3 Å². The molecule has 0 radical (unpaired) electrons. The summed E-state index contributed by atoms with van der Waals surface area (Å²) >= 11 is 0. The summed E-state index contributed by atoms with van der Waals surface area (Å²) in [4.78, 5) is 7.82. The Morgan fingerprint density at radius 2 is 2.18 bits per heavy atom. The summed E-state index contributed by atoms with van der Waals surface area (Å²) in [7, 11) is -1.28. The molecule has 92 valence electrons. The zero-order valence-electron chi connectivity index (χ0n) is 9.82.